The minimum Gasteiger partial charge on any atom is -0.494 e. The second kappa shape index (κ2) is 9.67. The lowest BCUT2D eigenvalue weighted by atomic mass is 10.1. The summed E-state index contributed by atoms with van der Waals surface area (Å²) in [6.45, 7) is 4.27. The van der Waals surface area contributed by atoms with Crippen molar-refractivity contribution in [3.05, 3.63) is 87.4 Å². The van der Waals surface area contributed by atoms with Crippen molar-refractivity contribution in [2.75, 3.05) is 11.9 Å². The van der Waals surface area contributed by atoms with Gasteiger partial charge in [-0.3, -0.25) is 14.6 Å². The van der Waals surface area contributed by atoms with Gasteiger partial charge in [-0.25, -0.2) is 4.68 Å². The van der Waals surface area contributed by atoms with Gasteiger partial charge in [0, 0.05) is 11.1 Å². The second-order valence-electron chi connectivity index (χ2n) is 8.05. The number of hydrogen-bond acceptors (Lipinski definition) is 6. The van der Waals surface area contributed by atoms with E-state index in [0.29, 0.717) is 39.9 Å². The highest BCUT2D eigenvalue weighted by molar-refractivity contribution is 6.30. The van der Waals surface area contributed by atoms with E-state index in [2.05, 4.69) is 25.5 Å². The molecule has 1 amide bonds. The molecule has 0 aliphatic heterocycles. The van der Waals surface area contributed by atoms with E-state index >= 15 is 0 Å². The fourth-order valence-corrected chi connectivity index (χ4v) is 3.98. The van der Waals surface area contributed by atoms with E-state index in [-0.39, 0.29) is 23.8 Å². The number of fused-ring (bicyclic) bond motifs is 1. The third-order valence-electron chi connectivity index (χ3n) is 5.38. The standard InChI is InChI=1S/C25H22ClN7O3/c1-3-36-19-9-7-16(8-10-19)12-22(34)28-21-11-15(2)31-33(21)25-29-23-20(24(35)30-25)14-27-32(23)18-6-4-5-17(26)13-18/h4-11,13-14H,3,12H2,1-2H3,(H,28,34)(H,29,30,35). The number of hydrogen-bond donors (Lipinski definition) is 2. The Balaban J connectivity index is 1.46. The summed E-state index contributed by atoms with van der Waals surface area (Å²) >= 11 is 6.13. The molecule has 2 aromatic carbocycles. The molecule has 0 aliphatic carbocycles. The van der Waals surface area contributed by atoms with Gasteiger partial charge < -0.3 is 10.1 Å². The Morgan fingerprint density at radius 3 is 2.69 bits per heavy atom. The Morgan fingerprint density at radius 1 is 1.14 bits per heavy atom. The van der Waals surface area contributed by atoms with Crippen molar-refractivity contribution in [1.82, 2.24) is 29.5 Å². The monoisotopic (exact) mass is 503 g/mol. The van der Waals surface area contributed by atoms with Crippen molar-refractivity contribution in [2.24, 2.45) is 0 Å². The molecule has 0 atom stereocenters. The lowest BCUT2D eigenvalue weighted by molar-refractivity contribution is -0.115. The summed E-state index contributed by atoms with van der Waals surface area (Å²) in [5, 5.41) is 12.4. The molecule has 0 saturated heterocycles. The molecule has 36 heavy (non-hydrogen) atoms. The first-order valence-electron chi connectivity index (χ1n) is 11.2. The van der Waals surface area contributed by atoms with Crippen LogP contribution in [0, 0.1) is 6.92 Å². The summed E-state index contributed by atoms with van der Waals surface area (Å²) in [4.78, 5) is 32.9. The largest absolute Gasteiger partial charge is 0.494 e. The van der Waals surface area contributed by atoms with Crippen molar-refractivity contribution < 1.29 is 9.53 Å². The van der Waals surface area contributed by atoms with E-state index in [0.717, 1.165) is 11.3 Å². The quantitative estimate of drug-likeness (QED) is 0.348. The summed E-state index contributed by atoms with van der Waals surface area (Å²) in [6, 6.07) is 16.1. The maximum absolute atomic E-state index is 12.8. The minimum absolute atomic E-state index is 0.140. The van der Waals surface area contributed by atoms with Crippen LogP contribution in [0.25, 0.3) is 22.7 Å². The number of nitrogens with one attached hydrogen (secondary N) is 2. The van der Waals surface area contributed by atoms with E-state index in [9.17, 15) is 9.59 Å². The number of aromatic amines is 1. The van der Waals surface area contributed by atoms with Crippen LogP contribution in [-0.4, -0.2) is 42.0 Å². The Kier molecular flexibility index (Phi) is 6.26. The van der Waals surface area contributed by atoms with Gasteiger partial charge in [-0.1, -0.05) is 29.8 Å². The zero-order chi connectivity index (χ0) is 25.2. The van der Waals surface area contributed by atoms with Crippen LogP contribution in [0.3, 0.4) is 0 Å². The number of halogens is 1. The zero-order valence-corrected chi connectivity index (χ0v) is 20.3. The SMILES string of the molecule is CCOc1ccc(CC(=O)Nc2cc(C)nn2-c2nc3c(cnn3-c3cccc(Cl)c3)c(=O)[nH]2)cc1. The van der Waals surface area contributed by atoms with E-state index in [1.54, 1.807) is 31.2 Å². The third kappa shape index (κ3) is 4.71. The predicted molar refractivity (Wildman–Crippen MR) is 136 cm³/mol. The van der Waals surface area contributed by atoms with Crippen LogP contribution in [0.5, 0.6) is 5.75 Å². The molecule has 5 aromatic rings. The van der Waals surface area contributed by atoms with Crippen LogP contribution in [0.1, 0.15) is 18.2 Å². The zero-order valence-electron chi connectivity index (χ0n) is 19.5. The summed E-state index contributed by atoms with van der Waals surface area (Å²) in [7, 11) is 0. The molecule has 3 aromatic heterocycles. The number of anilines is 1. The maximum atomic E-state index is 12.8. The molecule has 10 nitrogen and oxygen atoms in total. The van der Waals surface area contributed by atoms with Gasteiger partial charge in [0.15, 0.2) is 5.65 Å². The smallest absolute Gasteiger partial charge is 0.263 e. The molecule has 11 heteroatoms. The molecular formula is C25H22ClN7O3. The number of amides is 1. The number of aryl methyl sites for hydroxylation is 1. The van der Waals surface area contributed by atoms with Crippen LogP contribution in [-0.2, 0) is 11.2 Å². The Hall–Kier alpha value is -4.44. The van der Waals surface area contributed by atoms with Crippen LogP contribution in [0.15, 0.2) is 65.6 Å². The molecule has 0 spiro atoms. The van der Waals surface area contributed by atoms with Crippen LogP contribution >= 0.6 is 11.6 Å². The van der Waals surface area contributed by atoms with Gasteiger partial charge >= 0.3 is 0 Å². The molecule has 182 valence electrons. The summed E-state index contributed by atoms with van der Waals surface area (Å²) < 4.78 is 8.36. The molecule has 0 saturated carbocycles. The fraction of sp³-hybridized carbons (Fsp3) is 0.160. The number of aromatic nitrogens is 6. The third-order valence-corrected chi connectivity index (χ3v) is 5.61. The van der Waals surface area contributed by atoms with Gasteiger partial charge in [0.25, 0.3) is 5.56 Å². The highest BCUT2D eigenvalue weighted by atomic mass is 35.5. The molecule has 0 unspecified atom stereocenters. The van der Waals surface area contributed by atoms with Crippen molar-refractivity contribution in [2.45, 2.75) is 20.3 Å². The lowest BCUT2D eigenvalue weighted by Gasteiger charge is -2.09. The number of rotatable bonds is 7. The Bertz CT molecular complexity index is 1620. The molecule has 0 bridgehead atoms. The maximum Gasteiger partial charge on any atom is 0.263 e. The average Bonchev–Trinajstić information content (AvgIpc) is 3.44. The molecule has 0 fully saturated rings. The van der Waals surface area contributed by atoms with E-state index in [1.807, 2.05) is 37.3 Å². The normalized spacial score (nSPS) is 11.1. The van der Waals surface area contributed by atoms with Crippen molar-refractivity contribution in [3.63, 3.8) is 0 Å². The van der Waals surface area contributed by atoms with Crippen molar-refractivity contribution in [3.8, 4) is 17.4 Å². The minimum atomic E-state index is -0.386. The molecule has 0 aliphatic rings. The molecule has 5 rings (SSSR count). The number of carbonyl (C=O) groups excluding carboxylic acids is 1. The average molecular weight is 504 g/mol. The van der Waals surface area contributed by atoms with Crippen LogP contribution in [0.4, 0.5) is 5.82 Å². The first-order chi connectivity index (χ1) is 17.4. The number of carbonyl (C=O) groups is 1. The Morgan fingerprint density at radius 2 is 1.94 bits per heavy atom. The van der Waals surface area contributed by atoms with Gasteiger partial charge in [0.05, 0.1) is 30.6 Å². The van der Waals surface area contributed by atoms with Crippen molar-refractivity contribution in [1.29, 1.82) is 0 Å². The number of nitrogens with zero attached hydrogens (tertiary/aromatic N) is 5. The summed E-state index contributed by atoms with van der Waals surface area (Å²) in [5.74, 6) is 1.02. The summed E-state index contributed by atoms with van der Waals surface area (Å²) in [5.41, 5.74) is 2.07. The van der Waals surface area contributed by atoms with Gasteiger partial charge in [-0.15, -0.1) is 0 Å². The van der Waals surface area contributed by atoms with Gasteiger partial charge in [0.1, 0.15) is 17.0 Å². The fourth-order valence-electron chi connectivity index (χ4n) is 3.80. The van der Waals surface area contributed by atoms with Crippen molar-refractivity contribution >= 4 is 34.4 Å². The molecular weight excluding hydrogens is 482 g/mol. The predicted octanol–water partition coefficient (Wildman–Crippen LogP) is 3.84. The number of H-pyrrole nitrogens is 1. The van der Waals surface area contributed by atoms with Crippen LogP contribution < -0.4 is 15.6 Å². The molecule has 0 radical (unpaired) electrons. The summed E-state index contributed by atoms with van der Waals surface area (Å²) in [6.07, 6.45) is 1.60. The van der Waals surface area contributed by atoms with Crippen LogP contribution in [0.2, 0.25) is 5.02 Å². The highest BCUT2D eigenvalue weighted by Crippen LogP contribution is 2.20. The van der Waals surface area contributed by atoms with Gasteiger partial charge in [0.2, 0.25) is 11.9 Å². The van der Waals surface area contributed by atoms with E-state index in [4.69, 9.17) is 16.3 Å². The van der Waals surface area contributed by atoms with E-state index in [1.165, 1.54) is 15.6 Å². The molecule has 2 N–H and O–H groups in total. The number of ether oxygens (including phenoxy) is 1. The Labute approximate surface area is 210 Å². The lowest BCUT2D eigenvalue weighted by Crippen LogP contribution is -2.20. The first kappa shape index (κ1) is 23.3. The topological polar surface area (TPSA) is 120 Å². The molecule has 3 heterocycles. The van der Waals surface area contributed by atoms with E-state index < -0.39 is 0 Å². The first-order valence-corrected chi connectivity index (χ1v) is 11.6. The second-order valence-corrected chi connectivity index (χ2v) is 8.48. The van der Waals surface area contributed by atoms with Gasteiger partial charge in [-0.05, 0) is 49.7 Å². The highest BCUT2D eigenvalue weighted by Gasteiger charge is 2.17. The van der Waals surface area contributed by atoms with Gasteiger partial charge in [-0.2, -0.15) is 19.9 Å². The number of benzene rings is 2.